The molecule has 2 heteroatoms. The Morgan fingerprint density at radius 3 is 1.87 bits per heavy atom. The van der Waals surface area contributed by atoms with Gasteiger partial charge in [0, 0.05) is 4.88 Å². The van der Waals surface area contributed by atoms with Gasteiger partial charge < -0.3 is 0 Å². The molecule has 1 heterocycles. The van der Waals surface area contributed by atoms with Crippen LogP contribution in [0, 0.1) is 18.4 Å². The second kappa shape index (κ2) is 9.28. The Labute approximate surface area is 159 Å². The van der Waals surface area contributed by atoms with E-state index in [1.807, 2.05) is 18.3 Å². The van der Waals surface area contributed by atoms with E-state index in [0.29, 0.717) is 5.41 Å². The van der Waals surface area contributed by atoms with Crippen molar-refractivity contribution >= 4 is 15.2 Å². The largest absolute Gasteiger partial charge is 0.148 e. The molecule has 0 aromatic carbocycles. The zero-order valence-electron chi connectivity index (χ0n) is 16.5. The van der Waals surface area contributed by atoms with Gasteiger partial charge in [-0.3, -0.25) is 0 Å². The number of thiophene rings is 1. The van der Waals surface area contributed by atoms with Crippen LogP contribution in [0.25, 0.3) is 0 Å². The second-order valence-corrected chi connectivity index (χ2v) is 11.2. The fraction of sp³-hybridized carbons (Fsp3) is 0.571. The summed E-state index contributed by atoms with van der Waals surface area (Å²) >= 11 is 3.40. The minimum Gasteiger partial charge on any atom is -0.148 e. The molecule has 0 spiro atoms. The van der Waals surface area contributed by atoms with Crippen LogP contribution in [0.15, 0.2) is 28.7 Å². The van der Waals surface area contributed by atoms with Gasteiger partial charge >= 0.3 is 93.5 Å². The van der Waals surface area contributed by atoms with Crippen LogP contribution in [0.1, 0.15) is 72.8 Å². The molecule has 0 aliphatic carbocycles. The Morgan fingerprint density at radius 2 is 1.65 bits per heavy atom. The molecule has 0 N–H and O–H groups in total. The number of rotatable bonds is 2. The minimum absolute atomic E-state index is 0.208. The Balaban J connectivity index is 0.000000433. The number of hydrogen-bond acceptors (Lipinski definition) is 1. The third kappa shape index (κ3) is 8.41. The third-order valence-corrected chi connectivity index (χ3v) is 5.22. The molecule has 1 aromatic heterocycles. The van der Waals surface area contributed by atoms with Crippen LogP contribution in [0.2, 0.25) is 0 Å². The van der Waals surface area contributed by atoms with Gasteiger partial charge in [-0.15, -0.1) is 11.3 Å². The molecule has 1 rings (SSSR count). The van der Waals surface area contributed by atoms with Gasteiger partial charge in [0.2, 0.25) is 0 Å². The van der Waals surface area contributed by atoms with E-state index in [-0.39, 0.29) is 5.41 Å². The first-order valence-corrected chi connectivity index (χ1v) is 10.4. The van der Waals surface area contributed by atoms with Crippen molar-refractivity contribution in [2.24, 2.45) is 5.41 Å². The molecule has 0 saturated heterocycles. The number of hydrogen-bond donors (Lipinski definition) is 0. The van der Waals surface area contributed by atoms with Crippen molar-refractivity contribution in [2.75, 3.05) is 0 Å². The van der Waals surface area contributed by atoms with E-state index >= 15 is 0 Å². The van der Waals surface area contributed by atoms with E-state index in [0.717, 1.165) is 0 Å². The van der Waals surface area contributed by atoms with Crippen molar-refractivity contribution < 1.29 is 19.4 Å². The summed E-state index contributed by atoms with van der Waals surface area (Å²) in [5.41, 5.74) is 4.64. The molecular formula is C21H33SW-. The van der Waals surface area contributed by atoms with Crippen LogP contribution in [0.5, 0.6) is 0 Å². The first-order chi connectivity index (χ1) is 10.3. The summed E-state index contributed by atoms with van der Waals surface area (Å²) in [5.74, 6) is 0. The fourth-order valence-electron chi connectivity index (χ4n) is 2.68. The number of aryl methyl sites for hydroxylation is 1. The van der Waals surface area contributed by atoms with Crippen LogP contribution >= 0.6 is 11.3 Å². The summed E-state index contributed by atoms with van der Waals surface area (Å²) in [4.78, 5) is 1.51. The van der Waals surface area contributed by atoms with Gasteiger partial charge in [-0.2, -0.15) is 0 Å². The van der Waals surface area contributed by atoms with Gasteiger partial charge in [0.15, 0.2) is 0 Å². The minimum atomic E-state index is 0.208. The predicted octanol–water partition coefficient (Wildman–Crippen LogP) is 6.82. The fourth-order valence-corrected chi connectivity index (χ4v) is 4.33. The first kappa shape index (κ1) is 22.7. The SMILES string of the molecule is C[C-]=C(C(C)=C[C](C)=[W])C(C)(C)C.Cc1ccsc1C(C)(C)C. The van der Waals surface area contributed by atoms with E-state index < -0.39 is 0 Å². The zero-order chi connectivity index (χ0) is 18.4. The van der Waals surface area contributed by atoms with E-state index in [2.05, 4.69) is 85.9 Å². The average molecular weight is 501 g/mol. The quantitative estimate of drug-likeness (QED) is 0.308. The molecule has 0 aliphatic rings. The van der Waals surface area contributed by atoms with Gasteiger partial charge in [-0.05, 0) is 29.3 Å². The molecule has 0 bridgehead atoms. The zero-order valence-corrected chi connectivity index (χ0v) is 20.3. The predicted molar refractivity (Wildman–Crippen MR) is 104 cm³/mol. The van der Waals surface area contributed by atoms with Crippen molar-refractivity contribution in [3.8, 4) is 0 Å². The van der Waals surface area contributed by atoms with Gasteiger partial charge in [0.05, 0.1) is 0 Å². The molecule has 1 aromatic rings. The van der Waals surface area contributed by atoms with Crippen LogP contribution in [0.4, 0.5) is 0 Å². The molecule has 0 nitrogen and oxygen atoms in total. The molecule has 0 unspecified atom stereocenters. The van der Waals surface area contributed by atoms with Crippen molar-refractivity contribution in [3.05, 3.63) is 45.2 Å². The van der Waals surface area contributed by atoms with Crippen LogP contribution in [-0.2, 0) is 24.8 Å². The van der Waals surface area contributed by atoms with Crippen molar-refractivity contribution in [3.63, 3.8) is 0 Å². The summed E-state index contributed by atoms with van der Waals surface area (Å²) in [6.45, 7) is 22.0. The smallest absolute Gasteiger partial charge is 0.0128 e. The second-order valence-electron chi connectivity index (χ2n) is 8.00. The van der Waals surface area contributed by atoms with Gasteiger partial charge in [0.25, 0.3) is 0 Å². The molecule has 0 radical (unpaired) electrons. The molecule has 0 amide bonds. The maximum Gasteiger partial charge on any atom is 0.0128 e. The van der Waals surface area contributed by atoms with Crippen LogP contribution in [0.3, 0.4) is 0 Å². The molecule has 0 saturated carbocycles. The molecular weight excluding hydrogens is 468 g/mol. The molecule has 0 fully saturated rings. The van der Waals surface area contributed by atoms with E-state index in [9.17, 15) is 0 Å². The van der Waals surface area contributed by atoms with E-state index in [1.54, 1.807) is 19.4 Å². The van der Waals surface area contributed by atoms with Crippen LogP contribution in [-0.4, -0.2) is 3.90 Å². The molecule has 0 atom stereocenters. The molecule has 130 valence electrons. The maximum absolute atomic E-state index is 3.29. The van der Waals surface area contributed by atoms with E-state index in [4.69, 9.17) is 0 Å². The monoisotopic (exact) mass is 501 g/mol. The summed E-state index contributed by atoms with van der Waals surface area (Å²) in [5, 5.41) is 2.16. The Kier molecular flexibility index (Phi) is 9.18. The van der Waals surface area contributed by atoms with Crippen molar-refractivity contribution in [2.45, 2.75) is 74.7 Å². The Bertz CT molecular complexity index is 572. The summed E-state index contributed by atoms with van der Waals surface area (Å²) in [6.07, 6.45) is 5.55. The third-order valence-electron chi connectivity index (χ3n) is 3.36. The van der Waals surface area contributed by atoms with Crippen molar-refractivity contribution in [1.29, 1.82) is 0 Å². The van der Waals surface area contributed by atoms with Gasteiger partial charge in [-0.25, -0.2) is 0 Å². The molecule has 23 heavy (non-hydrogen) atoms. The Hall–Kier alpha value is -0.262. The summed E-state index contributed by atoms with van der Waals surface area (Å²) < 4.78 is 1.43. The van der Waals surface area contributed by atoms with Crippen molar-refractivity contribution in [1.82, 2.24) is 0 Å². The van der Waals surface area contributed by atoms with E-state index in [1.165, 1.54) is 25.5 Å². The topological polar surface area (TPSA) is 0 Å². The standard InChI is InChI=1S/C12H19.C9H14S.W/c1-7-9-10(3)11(8-2)12(4,5)6;1-7-5-6-10-8(7)9(2,3)4;/h9H,1-6H3;5-6H,1-4H3;/q-1;;. The average Bonchev–Trinajstić information content (AvgIpc) is 2.73. The summed E-state index contributed by atoms with van der Waals surface area (Å²) in [6, 6.07) is 2.19. The number of allylic oxidation sites excluding steroid dienone is 4. The van der Waals surface area contributed by atoms with Crippen LogP contribution < -0.4 is 0 Å². The molecule has 0 aliphatic heterocycles. The normalized spacial score (nSPS) is 13.5. The van der Waals surface area contributed by atoms with Gasteiger partial charge in [0.1, 0.15) is 0 Å². The van der Waals surface area contributed by atoms with Gasteiger partial charge in [-0.1, -0.05) is 20.8 Å². The Morgan fingerprint density at radius 1 is 1.13 bits per heavy atom. The summed E-state index contributed by atoms with van der Waals surface area (Å²) in [7, 11) is 0. The maximum atomic E-state index is 3.29. The first-order valence-electron chi connectivity index (χ1n) is 8.09.